The summed E-state index contributed by atoms with van der Waals surface area (Å²) in [6.45, 7) is 18.8. The Morgan fingerprint density at radius 3 is 2.13 bits per heavy atom. The Morgan fingerprint density at radius 2 is 1.49 bits per heavy atom. The molecule has 358 valence electrons. The number of rotatable bonds is 30. The van der Waals surface area contributed by atoms with Crippen molar-refractivity contribution in [1.82, 2.24) is 31.9 Å². The van der Waals surface area contributed by atoms with Gasteiger partial charge in [-0.2, -0.15) is 0 Å². The molecule has 1 aliphatic heterocycles. The first-order valence-corrected chi connectivity index (χ1v) is 24.0. The zero-order valence-corrected chi connectivity index (χ0v) is 40.0. The number of carbonyl (C=O) groups excluding carboxylic acids is 5. The van der Waals surface area contributed by atoms with Gasteiger partial charge >= 0.3 is 7.12 Å². The number of nitrogens with two attached hydrogens (primary N) is 1. The SMILES string of the molecule is CC=N/C=C(\C)C[C@H](NC(=O)[C@H](C)NC(=O)[C@@H](NC(=O)[C@H](CCCCN)NC(=O)CCNCCCCCCCCCC)[C@@H](C)O)C(=O)N[C@@H](C)B1O[C@@H]2C[C@@H]3C[C@@H](C3(C)C)[C@]2(C)O1. The second-order valence-electron chi connectivity index (χ2n) is 19.1. The maximum Gasteiger partial charge on any atom is 0.481 e. The monoisotopic (exact) mass is 887 g/mol. The highest BCUT2D eigenvalue weighted by Crippen LogP contribution is 2.65. The normalized spacial score (nSPS) is 24.3. The summed E-state index contributed by atoms with van der Waals surface area (Å²) in [4.78, 5) is 71.7. The summed E-state index contributed by atoms with van der Waals surface area (Å²) < 4.78 is 13.0. The third-order valence-corrected chi connectivity index (χ3v) is 13.5. The summed E-state index contributed by atoms with van der Waals surface area (Å²) in [5.74, 6) is -2.49. The van der Waals surface area contributed by atoms with E-state index in [0.29, 0.717) is 37.8 Å². The first-order chi connectivity index (χ1) is 29.9. The van der Waals surface area contributed by atoms with Gasteiger partial charge in [0.25, 0.3) is 0 Å². The van der Waals surface area contributed by atoms with Gasteiger partial charge in [-0.05, 0) is 117 Å². The van der Waals surface area contributed by atoms with E-state index in [1.807, 2.05) is 6.92 Å². The number of hydrogen-bond donors (Lipinski definition) is 8. The fourth-order valence-corrected chi connectivity index (χ4v) is 9.36. The minimum absolute atomic E-state index is 0.0617. The van der Waals surface area contributed by atoms with Gasteiger partial charge in [-0.3, -0.25) is 29.0 Å². The molecule has 0 unspecified atom stereocenters. The van der Waals surface area contributed by atoms with Crippen molar-refractivity contribution >= 4 is 42.9 Å². The number of nitrogens with zero attached hydrogens (tertiary/aromatic N) is 1. The lowest BCUT2D eigenvalue weighted by Gasteiger charge is -2.64. The van der Waals surface area contributed by atoms with E-state index >= 15 is 0 Å². The molecule has 17 heteroatoms. The summed E-state index contributed by atoms with van der Waals surface area (Å²) in [7, 11) is -0.664. The van der Waals surface area contributed by atoms with Crippen molar-refractivity contribution in [3.8, 4) is 0 Å². The number of aliphatic hydroxyl groups is 1. The maximum atomic E-state index is 13.9. The molecule has 1 saturated heterocycles. The molecule has 0 radical (unpaired) electrons. The van der Waals surface area contributed by atoms with E-state index in [1.54, 1.807) is 26.3 Å². The van der Waals surface area contributed by atoms with Crippen LogP contribution >= 0.6 is 0 Å². The predicted molar refractivity (Wildman–Crippen MR) is 248 cm³/mol. The predicted octanol–water partition coefficient (Wildman–Crippen LogP) is 3.73. The van der Waals surface area contributed by atoms with Gasteiger partial charge in [-0.25, -0.2) is 0 Å². The summed E-state index contributed by atoms with van der Waals surface area (Å²) in [5, 5.41) is 27.7. The molecule has 9 N–H and O–H groups in total. The Kier molecular flexibility index (Phi) is 22.7. The number of unbranched alkanes of at least 4 members (excludes halogenated alkanes) is 8. The first-order valence-electron chi connectivity index (χ1n) is 24.0. The van der Waals surface area contributed by atoms with E-state index in [-0.39, 0.29) is 36.7 Å². The van der Waals surface area contributed by atoms with E-state index in [2.05, 4.69) is 64.6 Å². The molecule has 0 aromatic rings. The lowest BCUT2D eigenvalue weighted by Crippen LogP contribution is -2.65. The second-order valence-corrected chi connectivity index (χ2v) is 19.1. The zero-order chi connectivity index (χ0) is 46.7. The Bertz CT molecular complexity index is 1550. The number of aliphatic imine (C=N–C) groups is 1. The fraction of sp³-hybridized carbons (Fsp3) is 0.826. The van der Waals surface area contributed by atoms with Crippen molar-refractivity contribution in [3.05, 3.63) is 11.8 Å². The van der Waals surface area contributed by atoms with Crippen LogP contribution in [-0.4, -0.2) is 116 Å². The van der Waals surface area contributed by atoms with Crippen LogP contribution in [0, 0.1) is 17.3 Å². The largest absolute Gasteiger partial charge is 0.481 e. The molecular weight excluding hydrogens is 803 g/mol. The third kappa shape index (κ3) is 16.2. The van der Waals surface area contributed by atoms with Crippen molar-refractivity contribution < 1.29 is 38.4 Å². The van der Waals surface area contributed by atoms with E-state index in [9.17, 15) is 29.1 Å². The zero-order valence-electron chi connectivity index (χ0n) is 40.0. The van der Waals surface area contributed by atoms with E-state index in [0.717, 1.165) is 37.8 Å². The quantitative estimate of drug-likeness (QED) is 0.0296. The third-order valence-electron chi connectivity index (χ3n) is 13.5. The number of amides is 5. The van der Waals surface area contributed by atoms with E-state index < -0.39 is 72.6 Å². The Hall–Kier alpha value is -3.38. The van der Waals surface area contributed by atoms with Crippen molar-refractivity contribution in [2.24, 2.45) is 28.0 Å². The van der Waals surface area contributed by atoms with Crippen LogP contribution in [0.5, 0.6) is 0 Å². The van der Waals surface area contributed by atoms with Crippen LogP contribution < -0.4 is 37.6 Å². The van der Waals surface area contributed by atoms with Crippen LogP contribution in [0.25, 0.3) is 0 Å². The van der Waals surface area contributed by atoms with Crippen LogP contribution in [-0.2, 0) is 33.3 Å². The molecule has 4 aliphatic rings. The second kappa shape index (κ2) is 26.6. The fourth-order valence-electron chi connectivity index (χ4n) is 9.36. The smallest absolute Gasteiger partial charge is 0.404 e. The first kappa shape index (κ1) is 54.0. The molecule has 2 bridgehead atoms. The lowest BCUT2D eigenvalue weighted by atomic mass is 9.43. The number of aliphatic hydroxyl groups excluding tert-OH is 1. The highest BCUT2D eigenvalue weighted by molar-refractivity contribution is 6.47. The van der Waals surface area contributed by atoms with Gasteiger partial charge < -0.3 is 52.0 Å². The molecule has 0 aromatic carbocycles. The maximum absolute atomic E-state index is 13.9. The minimum atomic E-state index is -1.44. The lowest BCUT2D eigenvalue weighted by molar-refractivity contribution is -0.199. The van der Waals surface area contributed by atoms with Crippen molar-refractivity contribution in [2.75, 3.05) is 19.6 Å². The Morgan fingerprint density at radius 1 is 0.825 bits per heavy atom. The minimum Gasteiger partial charge on any atom is -0.404 e. The van der Waals surface area contributed by atoms with Gasteiger partial charge in [0.15, 0.2) is 0 Å². The van der Waals surface area contributed by atoms with Gasteiger partial charge in [0.1, 0.15) is 24.2 Å². The summed E-state index contributed by atoms with van der Waals surface area (Å²) in [5.41, 5.74) is 6.13. The number of carbonyl (C=O) groups is 5. The molecule has 63 heavy (non-hydrogen) atoms. The number of nitrogens with one attached hydrogen (secondary N) is 6. The highest BCUT2D eigenvalue weighted by atomic mass is 16.7. The molecular formula is C46H83BN8O8. The van der Waals surface area contributed by atoms with Crippen LogP contribution in [0.4, 0.5) is 0 Å². The van der Waals surface area contributed by atoms with E-state index in [1.165, 1.54) is 52.4 Å². The molecule has 4 fully saturated rings. The topological polar surface area (TPSA) is 235 Å². The van der Waals surface area contributed by atoms with Crippen molar-refractivity contribution in [3.63, 3.8) is 0 Å². The van der Waals surface area contributed by atoms with Crippen molar-refractivity contribution in [2.45, 2.75) is 207 Å². The standard InChI is InChI=1S/C46H83BN8O8/c1-10-12-13-14-15-16-17-20-24-50-25-22-39(57)53-35(21-18-19-23-48)42(59)55-40(32(5)56)44(61)51-31(4)41(58)54-36(26-30(3)29-49-11-2)43(60)52-33(6)47-62-38-28-34-27-37(45(34,7)8)46(38,9)63-47/h11,29,31-38,40,50,56H,10,12-28,48H2,1-9H3,(H,51,61)(H,52,60)(H,53,57)(H,54,58)(H,55,59)/b30-29+,49-11?/t31-,32+,33-,34-,35-,36-,37-,38+,40-,46-/m0/s1. The summed E-state index contributed by atoms with van der Waals surface area (Å²) in [6, 6.07) is -4.62. The molecule has 4 rings (SSSR count). The molecule has 3 aliphatic carbocycles. The molecule has 10 atom stereocenters. The summed E-state index contributed by atoms with van der Waals surface area (Å²) in [6.07, 6.45) is 15.4. The molecule has 0 aromatic heterocycles. The van der Waals surface area contributed by atoms with Crippen LogP contribution in [0.3, 0.4) is 0 Å². The van der Waals surface area contributed by atoms with Gasteiger partial charge in [0.2, 0.25) is 29.5 Å². The van der Waals surface area contributed by atoms with Gasteiger partial charge in [-0.15, -0.1) is 0 Å². The summed E-state index contributed by atoms with van der Waals surface area (Å²) >= 11 is 0. The van der Waals surface area contributed by atoms with Gasteiger partial charge in [0, 0.05) is 25.4 Å². The van der Waals surface area contributed by atoms with Gasteiger partial charge in [-0.1, -0.05) is 71.3 Å². The molecule has 0 spiro atoms. The average Bonchev–Trinajstić information content (AvgIpc) is 3.60. The average molecular weight is 887 g/mol. The van der Waals surface area contributed by atoms with Crippen LogP contribution in [0.15, 0.2) is 16.8 Å². The molecule has 3 saturated carbocycles. The van der Waals surface area contributed by atoms with Crippen LogP contribution in [0.1, 0.15) is 159 Å². The Labute approximate surface area is 378 Å². The van der Waals surface area contributed by atoms with E-state index in [4.69, 9.17) is 15.0 Å². The molecule has 1 heterocycles. The van der Waals surface area contributed by atoms with Gasteiger partial charge in [0.05, 0.1) is 23.8 Å². The van der Waals surface area contributed by atoms with Crippen molar-refractivity contribution in [1.29, 1.82) is 0 Å². The number of hydrogen-bond acceptors (Lipinski definition) is 11. The molecule has 5 amide bonds. The van der Waals surface area contributed by atoms with Crippen LogP contribution in [0.2, 0.25) is 0 Å². The Balaban J connectivity index is 1.56. The highest BCUT2D eigenvalue weighted by Gasteiger charge is 2.68. The molecule has 16 nitrogen and oxygen atoms in total.